The van der Waals surface area contributed by atoms with Crippen molar-refractivity contribution >= 4 is 28.2 Å². The monoisotopic (exact) mass is 217 g/mol. The number of hydrazine groups is 1. The number of carbonyl (C=O) groups excluding carboxylic acids is 1. The first kappa shape index (κ1) is 10.2. The average Bonchev–Trinajstić information content (AvgIpc) is 2.28. The maximum atomic E-state index is 11.4. The predicted octanol–water partition coefficient (Wildman–Crippen LogP) is 0.00270. The zero-order chi connectivity index (χ0) is 11.7. The van der Waals surface area contributed by atoms with E-state index in [1.165, 1.54) is 6.20 Å². The first-order valence-corrected chi connectivity index (χ1v) is 4.58. The molecule has 2 aromatic rings. The Kier molecular flexibility index (Phi) is 2.34. The number of nitrogens with one attached hydrogen (secondary N) is 1. The minimum absolute atomic E-state index is 0.250. The van der Waals surface area contributed by atoms with Gasteiger partial charge < -0.3 is 11.5 Å². The van der Waals surface area contributed by atoms with Crippen LogP contribution >= 0.6 is 0 Å². The number of benzene rings is 1. The van der Waals surface area contributed by atoms with E-state index in [1.807, 2.05) is 5.43 Å². The number of aromatic nitrogens is 1. The highest BCUT2D eigenvalue weighted by molar-refractivity contribution is 6.06. The van der Waals surface area contributed by atoms with Gasteiger partial charge in [0, 0.05) is 17.3 Å². The first-order valence-electron chi connectivity index (χ1n) is 4.58. The molecule has 1 aromatic heterocycles. The summed E-state index contributed by atoms with van der Waals surface area (Å²) >= 11 is 0. The molecular formula is C10H11N5O. The molecule has 0 atom stereocenters. The van der Waals surface area contributed by atoms with Crippen molar-refractivity contribution in [2.75, 3.05) is 11.5 Å². The molecule has 0 aliphatic carbocycles. The zero-order valence-electron chi connectivity index (χ0n) is 8.40. The zero-order valence-corrected chi connectivity index (χ0v) is 8.40. The molecule has 82 valence electrons. The Bertz CT molecular complexity index is 566. The van der Waals surface area contributed by atoms with Crippen LogP contribution in [0.25, 0.3) is 10.9 Å². The van der Waals surface area contributed by atoms with E-state index < -0.39 is 5.91 Å². The molecule has 0 unspecified atom stereocenters. The minimum Gasteiger partial charge on any atom is -0.399 e. The van der Waals surface area contributed by atoms with Gasteiger partial charge in [-0.1, -0.05) is 0 Å². The number of nitrogens with two attached hydrogens (primary N) is 3. The maximum Gasteiger partial charge on any atom is 0.268 e. The summed E-state index contributed by atoms with van der Waals surface area (Å²) in [6.07, 6.45) is 1.37. The van der Waals surface area contributed by atoms with E-state index >= 15 is 0 Å². The average molecular weight is 217 g/mol. The van der Waals surface area contributed by atoms with Gasteiger partial charge in [0.2, 0.25) is 0 Å². The Balaban J connectivity index is 2.70. The van der Waals surface area contributed by atoms with Crippen molar-refractivity contribution in [1.29, 1.82) is 0 Å². The molecule has 1 heterocycles. The lowest BCUT2D eigenvalue weighted by atomic mass is 10.1. The van der Waals surface area contributed by atoms with Crippen LogP contribution in [0.1, 0.15) is 10.4 Å². The lowest BCUT2D eigenvalue weighted by molar-refractivity contribution is 0.0954. The molecule has 1 aromatic carbocycles. The molecule has 7 N–H and O–H groups in total. The third-order valence-electron chi connectivity index (χ3n) is 2.31. The van der Waals surface area contributed by atoms with Gasteiger partial charge in [0.25, 0.3) is 5.91 Å². The Morgan fingerprint density at radius 1 is 1.31 bits per heavy atom. The summed E-state index contributed by atoms with van der Waals surface area (Å²) in [5.41, 5.74) is 15.3. The number of hydrogen-bond acceptors (Lipinski definition) is 5. The molecule has 0 spiro atoms. The van der Waals surface area contributed by atoms with Crippen LogP contribution in [0.5, 0.6) is 0 Å². The number of carbonyl (C=O) groups is 1. The maximum absolute atomic E-state index is 11.4. The third-order valence-corrected chi connectivity index (χ3v) is 2.31. The molecule has 0 aliphatic heterocycles. The molecule has 2 rings (SSSR count). The molecule has 0 radical (unpaired) electrons. The van der Waals surface area contributed by atoms with Gasteiger partial charge in [0.15, 0.2) is 0 Å². The van der Waals surface area contributed by atoms with Crippen molar-refractivity contribution in [3.8, 4) is 0 Å². The van der Waals surface area contributed by atoms with Crippen LogP contribution in [0.15, 0.2) is 24.4 Å². The molecule has 6 nitrogen and oxygen atoms in total. The van der Waals surface area contributed by atoms with E-state index in [0.29, 0.717) is 22.3 Å². The molecule has 1 amide bonds. The van der Waals surface area contributed by atoms with Crippen molar-refractivity contribution < 1.29 is 4.79 Å². The fourth-order valence-electron chi connectivity index (χ4n) is 1.49. The lowest BCUT2D eigenvalue weighted by Crippen LogP contribution is -2.30. The van der Waals surface area contributed by atoms with E-state index in [2.05, 4.69) is 4.98 Å². The summed E-state index contributed by atoms with van der Waals surface area (Å²) in [5.74, 6) is 4.57. The van der Waals surface area contributed by atoms with E-state index in [1.54, 1.807) is 18.2 Å². The normalized spacial score (nSPS) is 10.3. The molecule has 16 heavy (non-hydrogen) atoms. The van der Waals surface area contributed by atoms with Crippen LogP contribution in [0.4, 0.5) is 11.4 Å². The SMILES string of the molecule is NNC(=O)c1cnc2cc(N)ccc2c1N. The predicted molar refractivity (Wildman–Crippen MR) is 62.2 cm³/mol. The van der Waals surface area contributed by atoms with Crippen LogP contribution in [-0.4, -0.2) is 10.9 Å². The van der Waals surface area contributed by atoms with Gasteiger partial charge >= 0.3 is 0 Å². The van der Waals surface area contributed by atoms with Gasteiger partial charge in [-0.05, 0) is 18.2 Å². The van der Waals surface area contributed by atoms with E-state index in [9.17, 15) is 4.79 Å². The number of nitrogen functional groups attached to an aromatic ring is 3. The van der Waals surface area contributed by atoms with Crippen LogP contribution in [0.3, 0.4) is 0 Å². The summed E-state index contributed by atoms with van der Waals surface area (Å²) < 4.78 is 0. The molecule has 0 fully saturated rings. The number of nitrogens with zero attached hydrogens (tertiary/aromatic N) is 1. The standard InChI is InChI=1S/C10H11N5O/c11-5-1-2-6-8(3-5)14-4-7(9(6)12)10(16)15-13/h1-4H,11,13H2,(H2,12,14)(H,15,16). The van der Waals surface area contributed by atoms with E-state index in [-0.39, 0.29) is 5.56 Å². The van der Waals surface area contributed by atoms with Crippen molar-refractivity contribution in [2.45, 2.75) is 0 Å². The molecule has 6 heteroatoms. The van der Waals surface area contributed by atoms with Crippen molar-refractivity contribution in [3.63, 3.8) is 0 Å². The van der Waals surface area contributed by atoms with Gasteiger partial charge in [-0.3, -0.25) is 15.2 Å². The number of rotatable bonds is 1. The smallest absolute Gasteiger partial charge is 0.268 e. The quantitative estimate of drug-likeness (QED) is 0.232. The molecule has 0 saturated heterocycles. The van der Waals surface area contributed by atoms with Crippen LogP contribution < -0.4 is 22.7 Å². The van der Waals surface area contributed by atoms with Gasteiger partial charge in [-0.25, -0.2) is 5.84 Å². The van der Waals surface area contributed by atoms with Gasteiger partial charge in [-0.15, -0.1) is 0 Å². The molecule has 0 bridgehead atoms. The topological polar surface area (TPSA) is 120 Å². The minimum atomic E-state index is -0.469. The highest BCUT2D eigenvalue weighted by Crippen LogP contribution is 2.24. The second-order valence-electron chi connectivity index (χ2n) is 3.34. The fourth-order valence-corrected chi connectivity index (χ4v) is 1.49. The highest BCUT2D eigenvalue weighted by Gasteiger charge is 2.11. The summed E-state index contributed by atoms with van der Waals surface area (Å²) in [6.45, 7) is 0. The van der Waals surface area contributed by atoms with Crippen molar-refractivity contribution in [3.05, 3.63) is 30.0 Å². The summed E-state index contributed by atoms with van der Waals surface area (Å²) in [7, 11) is 0. The number of pyridine rings is 1. The summed E-state index contributed by atoms with van der Waals surface area (Å²) in [5, 5.41) is 0.676. The first-order chi connectivity index (χ1) is 7.63. The van der Waals surface area contributed by atoms with Crippen LogP contribution in [0.2, 0.25) is 0 Å². The van der Waals surface area contributed by atoms with Crippen LogP contribution in [-0.2, 0) is 0 Å². The third kappa shape index (κ3) is 1.51. The largest absolute Gasteiger partial charge is 0.399 e. The second kappa shape index (κ2) is 3.67. The number of amides is 1. The number of anilines is 2. The Labute approximate surface area is 91.4 Å². The van der Waals surface area contributed by atoms with Gasteiger partial charge in [-0.2, -0.15) is 0 Å². The van der Waals surface area contributed by atoms with Gasteiger partial charge in [0.1, 0.15) is 0 Å². The Morgan fingerprint density at radius 3 is 2.75 bits per heavy atom. The second-order valence-corrected chi connectivity index (χ2v) is 3.34. The number of fused-ring (bicyclic) bond motifs is 1. The van der Waals surface area contributed by atoms with E-state index in [0.717, 1.165) is 0 Å². The molecular weight excluding hydrogens is 206 g/mol. The fraction of sp³-hybridized carbons (Fsp3) is 0. The lowest BCUT2D eigenvalue weighted by Gasteiger charge is -2.07. The van der Waals surface area contributed by atoms with Crippen molar-refractivity contribution in [1.82, 2.24) is 10.4 Å². The van der Waals surface area contributed by atoms with Crippen molar-refractivity contribution in [2.24, 2.45) is 5.84 Å². The molecule has 0 aliphatic rings. The Morgan fingerprint density at radius 2 is 2.06 bits per heavy atom. The van der Waals surface area contributed by atoms with E-state index in [4.69, 9.17) is 17.3 Å². The summed E-state index contributed by atoms with van der Waals surface area (Å²) in [6, 6.07) is 5.11. The highest BCUT2D eigenvalue weighted by atomic mass is 16.2. The van der Waals surface area contributed by atoms with Gasteiger partial charge in [0.05, 0.1) is 16.8 Å². The molecule has 0 saturated carbocycles. The number of hydrogen-bond donors (Lipinski definition) is 4. The summed E-state index contributed by atoms with van der Waals surface area (Å²) in [4.78, 5) is 15.5. The van der Waals surface area contributed by atoms with Crippen LogP contribution in [0, 0.1) is 0 Å². The Hall–Kier alpha value is -2.34.